The van der Waals surface area contributed by atoms with E-state index in [2.05, 4.69) is 15.7 Å². The van der Waals surface area contributed by atoms with Crippen LogP contribution in [0.25, 0.3) is 0 Å². The van der Waals surface area contributed by atoms with Crippen molar-refractivity contribution < 1.29 is 9.63 Å². The lowest BCUT2D eigenvalue weighted by Crippen LogP contribution is -2.13. The average molecular weight is 117 g/mol. The maximum absolute atomic E-state index is 9.74. The molecule has 0 fully saturated rings. The summed E-state index contributed by atoms with van der Waals surface area (Å²) >= 11 is 0. The number of oxime groups is 1. The van der Waals surface area contributed by atoms with Crippen LogP contribution in [0.1, 0.15) is 6.92 Å². The topological polar surface area (TPSA) is 90.7 Å². The zero-order chi connectivity index (χ0) is 6.57. The molecular formula is C3H7N3O2. The number of carbonyl (C=O) groups is 1. The van der Waals surface area contributed by atoms with Crippen LogP contribution in [0.2, 0.25) is 0 Å². The predicted octanol–water partition coefficient (Wildman–Crippen LogP) is -0.626. The normalized spacial score (nSPS) is 10.9. The Bertz CT molecular complexity index is 116. The molecule has 46 valence electrons. The lowest BCUT2D eigenvalue weighted by Gasteiger charge is -1.87. The van der Waals surface area contributed by atoms with Crippen molar-refractivity contribution >= 4 is 11.9 Å². The van der Waals surface area contributed by atoms with Crippen LogP contribution in [-0.2, 0) is 4.84 Å². The van der Waals surface area contributed by atoms with E-state index < -0.39 is 6.09 Å². The number of nitrogens with zero attached hydrogens (tertiary/aromatic N) is 1. The van der Waals surface area contributed by atoms with Gasteiger partial charge in [0.25, 0.3) is 0 Å². The molecule has 0 bridgehead atoms. The Labute approximate surface area is 46.3 Å². The van der Waals surface area contributed by atoms with Gasteiger partial charge in [0.2, 0.25) is 0 Å². The number of rotatable bonds is 1. The molecule has 5 heteroatoms. The van der Waals surface area contributed by atoms with Crippen LogP contribution < -0.4 is 11.5 Å². The van der Waals surface area contributed by atoms with Gasteiger partial charge >= 0.3 is 6.09 Å². The highest BCUT2D eigenvalue weighted by molar-refractivity contribution is 5.77. The highest BCUT2D eigenvalue weighted by Crippen LogP contribution is 1.72. The van der Waals surface area contributed by atoms with Crippen molar-refractivity contribution in [1.29, 1.82) is 0 Å². The molecule has 0 atom stereocenters. The fraction of sp³-hybridized carbons (Fsp3) is 0.333. The minimum absolute atomic E-state index is 0.156. The number of amidine groups is 1. The van der Waals surface area contributed by atoms with Crippen LogP contribution in [0.3, 0.4) is 0 Å². The van der Waals surface area contributed by atoms with Crippen molar-refractivity contribution in [2.45, 2.75) is 6.92 Å². The standard InChI is InChI=1S/C3H7N3O2/c1-2(4)6-8-3(5)7/h1H3,(H2,4,6)(H2,5,7). The first kappa shape index (κ1) is 6.74. The molecule has 0 radical (unpaired) electrons. The van der Waals surface area contributed by atoms with E-state index in [0.29, 0.717) is 0 Å². The summed E-state index contributed by atoms with van der Waals surface area (Å²) in [6.07, 6.45) is -0.963. The van der Waals surface area contributed by atoms with Crippen LogP contribution in [0.4, 0.5) is 4.79 Å². The van der Waals surface area contributed by atoms with Crippen LogP contribution in [-0.4, -0.2) is 11.9 Å². The maximum Gasteiger partial charge on any atom is 0.430 e. The third kappa shape index (κ3) is 4.74. The van der Waals surface area contributed by atoms with Gasteiger partial charge in [-0.25, -0.2) is 4.79 Å². The molecule has 0 rings (SSSR count). The van der Waals surface area contributed by atoms with Crippen LogP contribution >= 0.6 is 0 Å². The molecule has 0 aliphatic heterocycles. The van der Waals surface area contributed by atoms with Crippen LogP contribution in [0.5, 0.6) is 0 Å². The Morgan fingerprint density at radius 2 is 2.12 bits per heavy atom. The summed E-state index contributed by atoms with van der Waals surface area (Å²) in [7, 11) is 0. The largest absolute Gasteiger partial charge is 0.430 e. The number of nitrogens with two attached hydrogens (primary N) is 2. The zero-order valence-electron chi connectivity index (χ0n) is 4.42. The third-order valence-corrected chi connectivity index (χ3v) is 0.280. The summed E-state index contributed by atoms with van der Waals surface area (Å²) in [4.78, 5) is 13.6. The second-order valence-corrected chi connectivity index (χ2v) is 1.14. The summed E-state index contributed by atoms with van der Waals surface area (Å²) in [6.45, 7) is 1.48. The molecule has 5 nitrogen and oxygen atoms in total. The first-order valence-corrected chi connectivity index (χ1v) is 1.89. The third-order valence-electron chi connectivity index (χ3n) is 0.280. The van der Waals surface area contributed by atoms with E-state index in [1.54, 1.807) is 0 Å². The molecule has 0 aliphatic carbocycles. The average Bonchev–Trinajstić information content (AvgIpc) is 1.61. The monoisotopic (exact) mass is 117 g/mol. The lowest BCUT2D eigenvalue weighted by atomic mass is 10.7. The minimum atomic E-state index is -0.963. The molecule has 4 N–H and O–H groups in total. The number of hydrogen-bond donors (Lipinski definition) is 2. The fourth-order valence-electron chi connectivity index (χ4n) is 0.117. The first-order chi connectivity index (χ1) is 3.63. The second-order valence-electron chi connectivity index (χ2n) is 1.14. The molecule has 0 spiro atoms. The Kier molecular flexibility index (Phi) is 2.39. The van der Waals surface area contributed by atoms with Gasteiger partial charge in [0.05, 0.1) is 0 Å². The van der Waals surface area contributed by atoms with Gasteiger partial charge in [-0.3, -0.25) is 4.84 Å². The van der Waals surface area contributed by atoms with Crippen LogP contribution in [0.15, 0.2) is 5.16 Å². The minimum Gasteiger partial charge on any atom is -0.385 e. The Morgan fingerprint density at radius 3 is 2.25 bits per heavy atom. The number of carbonyl (C=O) groups excluding carboxylic acids is 1. The van der Waals surface area contributed by atoms with Gasteiger partial charge in [0.1, 0.15) is 5.84 Å². The van der Waals surface area contributed by atoms with E-state index in [9.17, 15) is 4.79 Å². The Morgan fingerprint density at radius 1 is 1.62 bits per heavy atom. The summed E-state index contributed by atoms with van der Waals surface area (Å²) < 4.78 is 0. The SMILES string of the molecule is CC(N)=NOC(N)=O. The summed E-state index contributed by atoms with van der Waals surface area (Å²) in [6, 6.07) is 0. The van der Waals surface area contributed by atoms with E-state index in [0.717, 1.165) is 0 Å². The quantitative estimate of drug-likeness (QED) is 0.207. The highest BCUT2D eigenvalue weighted by atomic mass is 16.7. The van der Waals surface area contributed by atoms with Crippen molar-refractivity contribution in [3.8, 4) is 0 Å². The van der Waals surface area contributed by atoms with Gasteiger partial charge in [-0.05, 0) is 6.92 Å². The predicted molar refractivity (Wildman–Crippen MR) is 28.0 cm³/mol. The van der Waals surface area contributed by atoms with Gasteiger partial charge in [-0.1, -0.05) is 5.16 Å². The fourth-order valence-corrected chi connectivity index (χ4v) is 0.117. The molecule has 0 saturated carbocycles. The molecule has 0 unspecified atom stereocenters. The molecule has 8 heavy (non-hydrogen) atoms. The Hall–Kier alpha value is -1.26. The van der Waals surface area contributed by atoms with E-state index in [1.165, 1.54) is 6.92 Å². The van der Waals surface area contributed by atoms with Gasteiger partial charge in [0.15, 0.2) is 0 Å². The summed E-state index contributed by atoms with van der Waals surface area (Å²) in [5.41, 5.74) is 9.47. The smallest absolute Gasteiger partial charge is 0.385 e. The summed E-state index contributed by atoms with van der Waals surface area (Å²) in [5, 5.41) is 3.04. The van der Waals surface area contributed by atoms with Crippen molar-refractivity contribution in [3.05, 3.63) is 0 Å². The van der Waals surface area contributed by atoms with Crippen molar-refractivity contribution in [2.24, 2.45) is 16.6 Å². The molecule has 1 amide bonds. The molecule has 0 aliphatic rings. The van der Waals surface area contributed by atoms with Gasteiger partial charge in [-0.15, -0.1) is 0 Å². The van der Waals surface area contributed by atoms with Gasteiger partial charge in [0, 0.05) is 0 Å². The molecule has 0 aromatic rings. The second kappa shape index (κ2) is 2.84. The molecule has 0 aromatic heterocycles. The van der Waals surface area contributed by atoms with Crippen molar-refractivity contribution in [2.75, 3.05) is 0 Å². The number of primary amides is 1. The Balaban J connectivity index is 3.45. The molecule has 0 heterocycles. The van der Waals surface area contributed by atoms with Crippen molar-refractivity contribution in [3.63, 3.8) is 0 Å². The van der Waals surface area contributed by atoms with Gasteiger partial charge in [-0.2, -0.15) is 0 Å². The first-order valence-electron chi connectivity index (χ1n) is 1.89. The summed E-state index contributed by atoms with van der Waals surface area (Å²) in [5.74, 6) is 0.156. The van der Waals surface area contributed by atoms with E-state index in [-0.39, 0.29) is 5.84 Å². The van der Waals surface area contributed by atoms with Gasteiger partial charge < -0.3 is 11.5 Å². The lowest BCUT2D eigenvalue weighted by molar-refractivity contribution is 0.161. The molecule has 0 aromatic carbocycles. The van der Waals surface area contributed by atoms with Crippen molar-refractivity contribution in [1.82, 2.24) is 0 Å². The maximum atomic E-state index is 9.74. The number of amides is 1. The van der Waals surface area contributed by atoms with E-state index >= 15 is 0 Å². The number of hydrogen-bond acceptors (Lipinski definition) is 3. The highest BCUT2D eigenvalue weighted by Gasteiger charge is 1.87. The molecule has 0 saturated heterocycles. The molecular weight excluding hydrogens is 110 g/mol. The zero-order valence-corrected chi connectivity index (χ0v) is 4.42. The van der Waals surface area contributed by atoms with Crippen LogP contribution in [0, 0.1) is 0 Å². The van der Waals surface area contributed by atoms with E-state index in [4.69, 9.17) is 5.73 Å². The van der Waals surface area contributed by atoms with E-state index in [1.807, 2.05) is 0 Å².